The topological polar surface area (TPSA) is 79.7 Å². The summed E-state index contributed by atoms with van der Waals surface area (Å²) in [4.78, 5) is 29.3. The van der Waals surface area contributed by atoms with E-state index < -0.39 is 12.6 Å². The molecule has 2 rings (SSSR count). The summed E-state index contributed by atoms with van der Waals surface area (Å²) in [6.45, 7) is 3.48. The maximum absolute atomic E-state index is 12.9. The zero-order valence-corrected chi connectivity index (χ0v) is 17.1. The molecule has 1 aromatic heterocycles. The number of hydrogen-bond donors (Lipinski definition) is 1. The van der Waals surface area contributed by atoms with Gasteiger partial charge in [0, 0.05) is 42.9 Å². The van der Waals surface area contributed by atoms with Crippen molar-refractivity contribution in [2.45, 2.75) is 32.1 Å². The highest BCUT2D eigenvalue weighted by atomic mass is 19.1. The third-order valence-corrected chi connectivity index (χ3v) is 4.65. The van der Waals surface area contributed by atoms with E-state index in [4.69, 9.17) is 9.84 Å². The average molecular weight is 414 g/mol. The molecule has 30 heavy (non-hydrogen) atoms. The number of aromatic nitrogens is 1. The van der Waals surface area contributed by atoms with Crippen LogP contribution in [-0.2, 0) is 9.59 Å². The third-order valence-electron chi connectivity index (χ3n) is 4.65. The number of ether oxygens (including phenoxy) is 1. The van der Waals surface area contributed by atoms with Gasteiger partial charge in [0.2, 0.25) is 5.88 Å². The van der Waals surface area contributed by atoms with Crippen LogP contribution in [0.15, 0.2) is 54.7 Å². The molecule has 0 saturated heterocycles. The highest BCUT2D eigenvalue weighted by molar-refractivity contribution is 6.05. The number of carbonyl (C=O) groups excluding carboxylic acids is 1. The minimum absolute atomic E-state index is 0.0183. The summed E-state index contributed by atoms with van der Waals surface area (Å²) in [5.41, 5.74) is 2.65. The number of aliphatic carboxylic acids is 1. The fourth-order valence-electron chi connectivity index (χ4n) is 3.04. The van der Waals surface area contributed by atoms with Gasteiger partial charge in [0.05, 0.1) is 13.8 Å². The first-order valence-electron chi connectivity index (χ1n) is 9.84. The van der Waals surface area contributed by atoms with Crippen molar-refractivity contribution in [2.24, 2.45) is 0 Å². The number of unbranched alkanes of at least 4 members (excludes halogenated alkanes) is 2. The number of benzene rings is 1. The fourth-order valence-corrected chi connectivity index (χ4v) is 3.04. The van der Waals surface area contributed by atoms with Crippen molar-refractivity contribution in [1.29, 1.82) is 0 Å². The smallest absolute Gasteiger partial charge is 0.303 e. The van der Waals surface area contributed by atoms with Crippen molar-refractivity contribution in [1.82, 2.24) is 4.98 Å². The Morgan fingerprint density at radius 3 is 2.60 bits per heavy atom. The number of halogens is 1. The number of rotatable bonds is 12. The minimum Gasteiger partial charge on any atom is -0.481 e. The molecule has 0 fully saturated rings. The Labute approximate surface area is 176 Å². The number of carbonyl (C=O) groups is 2. The van der Waals surface area contributed by atoms with Crippen LogP contribution in [0.25, 0.3) is 11.1 Å². The SMILES string of the molecule is C=C(CCF)C(=O)N(CCCCCC(=O)O)c1cccc(-c2ccnc(OC)c2)c1. The van der Waals surface area contributed by atoms with E-state index in [1.54, 1.807) is 24.3 Å². The van der Waals surface area contributed by atoms with Crippen LogP contribution in [0, 0.1) is 0 Å². The second kappa shape index (κ2) is 11.7. The van der Waals surface area contributed by atoms with Gasteiger partial charge in [-0.3, -0.25) is 14.0 Å². The molecule has 0 bridgehead atoms. The van der Waals surface area contributed by atoms with Crippen molar-refractivity contribution in [3.8, 4) is 17.0 Å². The van der Waals surface area contributed by atoms with Gasteiger partial charge in [-0.25, -0.2) is 4.98 Å². The highest BCUT2D eigenvalue weighted by Gasteiger charge is 2.19. The average Bonchev–Trinajstić information content (AvgIpc) is 2.76. The van der Waals surface area contributed by atoms with Gasteiger partial charge < -0.3 is 14.7 Å². The van der Waals surface area contributed by atoms with Crippen LogP contribution >= 0.6 is 0 Å². The Morgan fingerprint density at radius 2 is 1.90 bits per heavy atom. The van der Waals surface area contributed by atoms with Gasteiger partial charge in [-0.15, -0.1) is 0 Å². The molecule has 1 aromatic carbocycles. The van der Waals surface area contributed by atoms with Gasteiger partial charge in [0.25, 0.3) is 5.91 Å². The molecular weight excluding hydrogens is 387 g/mol. The van der Waals surface area contributed by atoms with Crippen LogP contribution < -0.4 is 9.64 Å². The molecule has 160 valence electrons. The largest absolute Gasteiger partial charge is 0.481 e. The molecule has 0 atom stereocenters. The number of hydrogen-bond acceptors (Lipinski definition) is 4. The highest BCUT2D eigenvalue weighted by Crippen LogP contribution is 2.27. The Kier molecular flexibility index (Phi) is 9.00. The van der Waals surface area contributed by atoms with Crippen LogP contribution in [0.2, 0.25) is 0 Å². The first-order valence-corrected chi connectivity index (χ1v) is 9.84. The van der Waals surface area contributed by atoms with E-state index >= 15 is 0 Å². The van der Waals surface area contributed by atoms with Crippen LogP contribution in [0.1, 0.15) is 32.1 Å². The van der Waals surface area contributed by atoms with Crippen molar-refractivity contribution in [2.75, 3.05) is 25.2 Å². The Bertz CT molecular complexity index is 885. The molecule has 0 radical (unpaired) electrons. The third kappa shape index (κ3) is 6.69. The molecule has 1 N–H and O–H groups in total. The number of anilines is 1. The molecule has 1 heterocycles. The minimum atomic E-state index is -0.834. The van der Waals surface area contributed by atoms with Crippen molar-refractivity contribution < 1.29 is 23.8 Å². The number of nitrogens with zero attached hydrogens (tertiary/aromatic N) is 2. The Balaban J connectivity index is 2.24. The summed E-state index contributed by atoms with van der Waals surface area (Å²) in [6.07, 6.45) is 3.58. The summed E-state index contributed by atoms with van der Waals surface area (Å²) in [5, 5.41) is 8.77. The predicted molar refractivity (Wildman–Crippen MR) is 114 cm³/mol. The van der Waals surface area contributed by atoms with Crippen LogP contribution in [0.4, 0.5) is 10.1 Å². The normalized spacial score (nSPS) is 10.5. The van der Waals surface area contributed by atoms with Gasteiger partial charge in [-0.2, -0.15) is 0 Å². The van der Waals surface area contributed by atoms with E-state index in [0.717, 1.165) is 11.1 Å². The molecule has 1 amide bonds. The molecule has 0 unspecified atom stereocenters. The Morgan fingerprint density at radius 1 is 1.13 bits per heavy atom. The van der Waals surface area contributed by atoms with Crippen molar-refractivity contribution in [3.05, 3.63) is 54.7 Å². The van der Waals surface area contributed by atoms with Crippen LogP contribution in [0.3, 0.4) is 0 Å². The monoisotopic (exact) mass is 414 g/mol. The lowest BCUT2D eigenvalue weighted by Crippen LogP contribution is -2.33. The van der Waals surface area contributed by atoms with Gasteiger partial charge in [-0.1, -0.05) is 25.1 Å². The predicted octanol–water partition coefficient (Wildman–Crippen LogP) is 4.65. The summed E-state index contributed by atoms with van der Waals surface area (Å²) in [7, 11) is 1.55. The second-order valence-electron chi connectivity index (χ2n) is 6.84. The maximum atomic E-state index is 12.9. The molecule has 2 aromatic rings. The molecule has 7 heteroatoms. The van der Waals surface area contributed by atoms with Crippen molar-refractivity contribution in [3.63, 3.8) is 0 Å². The molecule has 0 saturated carbocycles. The first kappa shape index (κ1) is 23.1. The van der Waals surface area contributed by atoms with Gasteiger partial charge >= 0.3 is 5.97 Å². The lowest BCUT2D eigenvalue weighted by atomic mass is 10.0. The second-order valence-corrected chi connectivity index (χ2v) is 6.84. The van der Waals surface area contributed by atoms with E-state index in [-0.39, 0.29) is 24.3 Å². The zero-order valence-electron chi connectivity index (χ0n) is 17.1. The molecular formula is C23H27FN2O4. The van der Waals surface area contributed by atoms with E-state index in [2.05, 4.69) is 11.6 Å². The molecule has 0 spiro atoms. The molecule has 0 aliphatic carbocycles. The standard InChI is InChI=1S/C23H27FN2O4/c1-17(10-12-24)23(29)26(14-5-3-4-9-22(27)28)20-8-6-7-18(15-20)19-11-13-25-21(16-19)30-2/h6-8,11,13,15-16H,1,3-5,9-10,12,14H2,2H3,(H,27,28). The number of amides is 1. The summed E-state index contributed by atoms with van der Waals surface area (Å²) < 4.78 is 17.9. The maximum Gasteiger partial charge on any atom is 0.303 e. The molecule has 0 aliphatic heterocycles. The van der Waals surface area contributed by atoms with Crippen LogP contribution in [0.5, 0.6) is 5.88 Å². The summed E-state index contributed by atoms with van der Waals surface area (Å²) >= 11 is 0. The van der Waals surface area contributed by atoms with Gasteiger partial charge in [0.15, 0.2) is 0 Å². The van der Waals surface area contributed by atoms with Gasteiger partial charge in [0.1, 0.15) is 0 Å². The number of carboxylic acids is 1. The van der Waals surface area contributed by atoms with E-state index in [9.17, 15) is 14.0 Å². The zero-order chi connectivity index (χ0) is 21.9. The lowest BCUT2D eigenvalue weighted by molar-refractivity contribution is -0.137. The van der Waals surface area contributed by atoms with E-state index in [1.165, 1.54) is 0 Å². The number of carboxylic acid groups (broad SMARTS) is 1. The van der Waals surface area contributed by atoms with E-state index in [1.807, 2.05) is 30.3 Å². The molecule has 6 nitrogen and oxygen atoms in total. The quantitative estimate of drug-likeness (QED) is 0.404. The summed E-state index contributed by atoms with van der Waals surface area (Å²) in [5.74, 6) is -0.671. The van der Waals surface area contributed by atoms with E-state index in [0.29, 0.717) is 37.4 Å². The van der Waals surface area contributed by atoms with Crippen LogP contribution in [-0.4, -0.2) is 42.3 Å². The number of alkyl halides is 1. The lowest BCUT2D eigenvalue weighted by Gasteiger charge is -2.24. The first-order chi connectivity index (χ1) is 14.5. The fraction of sp³-hybridized carbons (Fsp3) is 0.348. The number of methoxy groups -OCH3 is 1. The Hall–Kier alpha value is -3.22. The van der Waals surface area contributed by atoms with Crippen molar-refractivity contribution >= 4 is 17.6 Å². The number of pyridine rings is 1. The molecule has 0 aliphatic rings. The van der Waals surface area contributed by atoms with Gasteiger partial charge in [-0.05, 0) is 42.2 Å². The summed E-state index contributed by atoms with van der Waals surface area (Å²) in [6, 6.07) is 11.1.